The number of carboxylic acid groups (broad SMARTS) is 1. The van der Waals surface area contributed by atoms with E-state index in [1.54, 1.807) is 12.1 Å². The first-order chi connectivity index (χ1) is 15.2. The minimum atomic E-state index is -4.21. The number of sulfonamides is 1. The first-order valence-electron chi connectivity index (χ1n) is 10.4. The number of aromatic carboxylic acids is 1. The van der Waals surface area contributed by atoms with E-state index in [4.69, 9.17) is 4.74 Å². The molecule has 7 nitrogen and oxygen atoms in total. The first-order valence-corrected chi connectivity index (χ1v) is 11.9. The van der Waals surface area contributed by atoms with Gasteiger partial charge in [-0.3, -0.25) is 4.72 Å². The third kappa shape index (κ3) is 4.49. The fourth-order valence-electron chi connectivity index (χ4n) is 3.93. The third-order valence-corrected chi connectivity index (χ3v) is 7.05. The number of rotatable bonds is 8. The summed E-state index contributed by atoms with van der Waals surface area (Å²) in [6, 6.07) is 6.75. The van der Waals surface area contributed by atoms with Crippen molar-refractivity contribution < 1.29 is 27.4 Å². The number of halogens is 1. The molecule has 1 aliphatic carbocycles. The average molecular weight is 461 g/mol. The molecule has 0 amide bonds. The number of nitrogens with one attached hydrogen (secondary N) is 2. The van der Waals surface area contributed by atoms with Crippen LogP contribution < -0.4 is 14.8 Å². The van der Waals surface area contributed by atoms with Crippen LogP contribution in [-0.4, -0.2) is 38.7 Å². The minimum Gasteiger partial charge on any atom is -0.492 e. The van der Waals surface area contributed by atoms with Crippen molar-refractivity contribution in [1.29, 1.82) is 0 Å². The van der Waals surface area contributed by atoms with E-state index in [0.717, 1.165) is 30.2 Å². The summed E-state index contributed by atoms with van der Waals surface area (Å²) in [5, 5.41) is 12.9. The highest BCUT2D eigenvalue weighted by atomic mass is 32.2. The maximum absolute atomic E-state index is 13.8. The summed E-state index contributed by atoms with van der Waals surface area (Å²) in [6.07, 6.45) is 4.16. The molecule has 32 heavy (non-hydrogen) atoms. The predicted octanol–water partition coefficient (Wildman–Crippen LogP) is 3.83. The zero-order valence-electron chi connectivity index (χ0n) is 17.8. The number of hydrogen-bond donors (Lipinski definition) is 3. The number of carbonyl (C=O) groups is 1. The van der Waals surface area contributed by atoms with E-state index in [9.17, 15) is 22.7 Å². The molecule has 1 aliphatic heterocycles. The number of fused-ring (bicyclic) bond motifs is 3. The van der Waals surface area contributed by atoms with Gasteiger partial charge in [0, 0.05) is 18.5 Å². The quantitative estimate of drug-likeness (QED) is 0.553. The third-order valence-electron chi connectivity index (χ3n) is 5.61. The normalized spacial score (nSPS) is 19.4. The lowest BCUT2D eigenvalue weighted by Crippen LogP contribution is -2.22. The molecule has 2 aromatic rings. The summed E-state index contributed by atoms with van der Waals surface area (Å²) >= 11 is 0. The van der Waals surface area contributed by atoms with Gasteiger partial charge in [0.15, 0.2) is 0 Å². The molecule has 3 N–H and O–H groups in total. The van der Waals surface area contributed by atoms with E-state index in [2.05, 4.69) is 10.0 Å². The van der Waals surface area contributed by atoms with Crippen molar-refractivity contribution >= 4 is 27.8 Å². The molecule has 2 aliphatic rings. The van der Waals surface area contributed by atoms with Crippen LogP contribution in [0.15, 0.2) is 41.3 Å². The molecule has 4 rings (SSSR count). The molecule has 2 atom stereocenters. The Morgan fingerprint density at radius 3 is 2.81 bits per heavy atom. The van der Waals surface area contributed by atoms with Gasteiger partial charge in [-0.05, 0) is 47.7 Å². The van der Waals surface area contributed by atoms with Crippen LogP contribution >= 0.6 is 0 Å². The molecule has 1 saturated carbocycles. The largest absolute Gasteiger partial charge is 0.492 e. The Bertz CT molecular complexity index is 1190. The Morgan fingerprint density at radius 2 is 2.09 bits per heavy atom. The fourth-order valence-corrected chi connectivity index (χ4v) is 5.18. The lowest BCUT2D eigenvalue weighted by Gasteiger charge is -2.21. The van der Waals surface area contributed by atoms with Gasteiger partial charge in [0.2, 0.25) is 0 Å². The van der Waals surface area contributed by atoms with Crippen LogP contribution in [0.3, 0.4) is 0 Å². The van der Waals surface area contributed by atoms with Crippen molar-refractivity contribution in [3.63, 3.8) is 0 Å². The maximum atomic E-state index is 13.8. The lowest BCUT2D eigenvalue weighted by atomic mass is 10.0. The van der Waals surface area contributed by atoms with Gasteiger partial charge in [-0.1, -0.05) is 32.1 Å². The molecule has 1 fully saturated rings. The summed E-state index contributed by atoms with van der Waals surface area (Å²) in [5.41, 5.74) is 0.660. The molecule has 0 aromatic heterocycles. The zero-order valence-corrected chi connectivity index (χ0v) is 18.6. The second kappa shape index (κ2) is 8.55. The molecule has 9 heteroatoms. The molecule has 0 bridgehead atoms. The smallest absolute Gasteiger partial charge is 0.341 e. The number of ether oxygens (including phenoxy) is 1. The van der Waals surface area contributed by atoms with Gasteiger partial charge in [0.25, 0.3) is 10.0 Å². The number of anilines is 1. The van der Waals surface area contributed by atoms with Gasteiger partial charge in [-0.25, -0.2) is 17.6 Å². The highest BCUT2D eigenvalue weighted by Crippen LogP contribution is 2.55. The molecule has 2 aromatic carbocycles. The van der Waals surface area contributed by atoms with Gasteiger partial charge < -0.3 is 15.2 Å². The van der Waals surface area contributed by atoms with E-state index < -0.39 is 21.8 Å². The standard InChI is InChI=1S/C23H25FN2O5S/c1-13(2)25-9-3-4-14-10-16(24)5-8-20(14)32(29,30)26-19-7-6-17-18-11-15(18)12-31-22(17)21(19)23(27)28/h3-8,10,13,15,18,25-26H,9,11-12H2,1-2H3,(H,27,28)/b4-3-/t15-,18-/m0/s1. The van der Waals surface area contributed by atoms with Crippen molar-refractivity contribution in [3.8, 4) is 5.75 Å². The highest BCUT2D eigenvalue weighted by Gasteiger charge is 2.45. The van der Waals surface area contributed by atoms with Crippen molar-refractivity contribution in [2.75, 3.05) is 17.9 Å². The summed E-state index contributed by atoms with van der Waals surface area (Å²) in [6.45, 7) is 4.85. The van der Waals surface area contributed by atoms with E-state index in [1.807, 2.05) is 13.8 Å². The molecule has 1 heterocycles. The molecular weight excluding hydrogens is 435 g/mol. The SMILES string of the molecule is CC(C)NC/C=C\c1cc(F)ccc1S(=O)(=O)Nc1ccc2c(c1C(=O)O)OC[C@@H]1C[C@H]21. The Kier molecular flexibility index (Phi) is 5.96. The second-order valence-electron chi connectivity index (χ2n) is 8.38. The molecule has 0 radical (unpaired) electrons. The van der Waals surface area contributed by atoms with E-state index >= 15 is 0 Å². The van der Waals surface area contributed by atoms with Gasteiger partial charge in [0.1, 0.15) is 17.1 Å². The molecular formula is C23H25FN2O5S. The van der Waals surface area contributed by atoms with Crippen molar-refractivity contribution in [2.45, 2.75) is 37.1 Å². The van der Waals surface area contributed by atoms with Crippen molar-refractivity contribution in [3.05, 3.63) is 58.9 Å². The monoisotopic (exact) mass is 460 g/mol. The van der Waals surface area contributed by atoms with E-state index in [1.165, 1.54) is 12.1 Å². The topological polar surface area (TPSA) is 105 Å². The van der Waals surface area contributed by atoms with Crippen molar-refractivity contribution in [2.24, 2.45) is 5.92 Å². The Balaban J connectivity index is 1.68. The van der Waals surface area contributed by atoms with Crippen LogP contribution in [-0.2, 0) is 10.0 Å². The predicted molar refractivity (Wildman–Crippen MR) is 119 cm³/mol. The molecule has 0 spiro atoms. The molecule has 0 saturated heterocycles. The van der Waals surface area contributed by atoms with Crippen LogP contribution in [0, 0.1) is 11.7 Å². The summed E-state index contributed by atoms with van der Waals surface area (Å²) in [4.78, 5) is 11.8. The highest BCUT2D eigenvalue weighted by molar-refractivity contribution is 7.92. The number of hydrogen-bond acceptors (Lipinski definition) is 5. The van der Waals surface area contributed by atoms with Crippen LogP contribution in [0.4, 0.5) is 10.1 Å². The van der Waals surface area contributed by atoms with Crippen LogP contribution in [0.25, 0.3) is 6.08 Å². The molecule has 170 valence electrons. The summed E-state index contributed by atoms with van der Waals surface area (Å²) in [5.74, 6) is -0.984. The Morgan fingerprint density at radius 1 is 1.31 bits per heavy atom. The lowest BCUT2D eigenvalue weighted by molar-refractivity contribution is 0.0692. The van der Waals surface area contributed by atoms with Gasteiger partial charge >= 0.3 is 5.97 Å². The van der Waals surface area contributed by atoms with E-state index in [-0.39, 0.29) is 39.4 Å². The van der Waals surface area contributed by atoms with Crippen LogP contribution in [0.5, 0.6) is 5.75 Å². The zero-order chi connectivity index (χ0) is 23.0. The fraction of sp³-hybridized carbons (Fsp3) is 0.348. The molecule has 0 unspecified atom stereocenters. The van der Waals surface area contributed by atoms with Gasteiger partial charge in [0.05, 0.1) is 17.2 Å². The maximum Gasteiger partial charge on any atom is 0.341 e. The van der Waals surface area contributed by atoms with Gasteiger partial charge in [-0.2, -0.15) is 0 Å². The Labute approximate surface area is 186 Å². The number of carboxylic acids is 1. The summed E-state index contributed by atoms with van der Waals surface area (Å²) in [7, 11) is -4.21. The number of benzene rings is 2. The van der Waals surface area contributed by atoms with E-state index in [0.29, 0.717) is 19.1 Å². The Hall–Kier alpha value is -2.91. The van der Waals surface area contributed by atoms with Crippen LogP contribution in [0.1, 0.15) is 47.7 Å². The summed E-state index contributed by atoms with van der Waals surface area (Å²) < 4.78 is 48.2. The minimum absolute atomic E-state index is 0.0870. The van der Waals surface area contributed by atoms with Crippen LogP contribution in [0.2, 0.25) is 0 Å². The average Bonchev–Trinajstić information content (AvgIpc) is 3.50. The van der Waals surface area contributed by atoms with Crippen molar-refractivity contribution in [1.82, 2.24) is 5.32 Å². The first kappa shape index (κ1) is 22.3. The second-order valence-corrected chi connectivity index (χ2v) is 10.0. The van der Waals surface area contributed by atoms with Gasteiger partial charge in [-0.15, -0.1) is 0 Å².